The van der Waals surface area contributed by atoms with E-state index in [9.17, 15) is 5.11 Å². The summed E-state index contributed by atoms with van der Waals surface area (Å²) < 4.78 is 0.759. The van der Waals surface area contributed by atoms with Gasteiger partial charge in [-0.05, 0) is 47.3 Å². The molecular weight excluding hydrogens is 300 g/mol. The molecule has 0 bridgehead atoms. The third-order valence-corrected chi connectivity index (χ3v) is 3.78. The van der Waals surface area contributed by atoms with Crippen molar-refractivity contribution in [1.82, 2.24) is 0 Å². The van der Waals surface area contributed by atoms with Crippen LogP contribution in [0.5, 0.6) is 0 Å². The minimum Gasteiger partial charge on any atom is -0.387 e. The van der Waals surface area contributed by atoms with E-state index in [2.05, 4.69) is 27.3 Å². The lowest BCUT2D eigenvalue weighted by atomic mass is 10.1. The SMILES string of the molecule is CSCC(C)(O)CNc1ccc(C#N)c(Br)c1. The molecule has 1 unspecified atom stereocenters. The molecule has 0 radical (unpaired) electrons. The van der Waals surface area contributed by atoms with E-state index in [0.717, 1.165) is 10.2 Å². The van der Waals surface area contributed by atoms with Crippen molar-refractivity contribution in [3.8, 4) is 6.07 Å². The van der Waals surface area contributed by atoms with E-state index < -0.39 is 5.60 Å². The standard InChI is InChI=1S/C12H15BrN2OS/c1-12(16,8-17-2)7-15-10-4-3-9(6-14)11(13)5-10/h3-5,15-16H,7-8H2,1-2H3. The fourth-order valence-electron chi connectivity index (χ4n) is 1.37. The van der Waals surface area contributed by atoms with Gasteiger partial charge in [-0.3, -0.25) is 0 Å². The number of hydrogen-bond donors (Lipinski definition) is 2. The largest absolute Gasteiger partial charge is 0.387 e. The highest BCUT2D eigenvalue weighted by Crippen LogP contribution is 2.21. The number of anilines is 1. The van der Waals surface area contributed by atoms with Crippen molar-refractivity contribution in [2.24, 2.45) is 0 Å². The van der Waals surface area contributed by atoms with Crippen LogP contribution >= 0.6 is 27.7 Å². The van der Waals surface area contributed by atoms with Gasteiger partial charge < -0.3 is 10.4 Å². The number of nitrogens with zero attached hydrogens (tertiary/aromatic N) is 1. The molecule has 0 saturated heterocycles. The van der Waals surface area contributed by atoms with Gasteiger partial charge in [0.1, 0.15) is 6.07 Å². The first-order chi connectivity index (χ1) is 7.98. The predicted molar refractivity (Wildman–Crippen MR) is 76.4 cm³/mol. The van der Waals surface area contributed by atoms with Crippen LogP contribution in [0.25, 0.3) is 0 Å². The van der Waals surface area contributed by atoms with Gasteiger partial charge in [0, 0.05) is 22.5 Å². The van der Waals surface area contributed by atoms with Crippen LogP contribution in [0, 0.1) is 11.3 Å². The monoisotopic (exact) mass is 314 g/mol. The summed E-state index contributed by atoms with van der Waals surface area (Å²) in [5.41, 5.74) is 0.753. The Morgan fingerprint density at radius 1 is 1.59 bits per heavy atom. The Labute approximate surface area is 114 Å². The smallest absolute Gasteiger partial charge is 0.100 e. The summed E-state index contributed by atoms with van der Waals surface area (Å²) >= 11 is 4.94. The molecule has 0 amide bonds. The van der Waals surface area contributed by atoms with Gasteiger partial charge in [-0.2, -0.15) is 17.0 Å². The molecule has 5 heteroatoms. The van der Waals surface area contributed by atoms with E-state index in [1.807, 2.05) is 18.4 Å². The number of nitrogens with one attached hydrogen (secondary N) is 1. The van der Waals surface area contributed by atoms with Crippen LogP contribution in [-0.2, 0) is 0 Å². The zero-order chi connectivity index (χ0) is 12.9. The number of rotatable bonds is 5. The number of benzene rings is 1. The normalized spacial score (nSPS) is 13.8. The number of thioether (sulfide) groups is 1. The fourth-order valence-corrected chi connectivity index (χ4v) is 2.56. The average Bonchev–Trinajstić information content (AvgIpc) is 2.27. The Hall–Kier alpha value is -0.700. The van der Waals surface area contributed by atoms with Crippen molar-refractivity contribution in [2.45, 2.75) is 12.5 Å². The molecule has 17 heavy (non-hydrogen) atoms. The lowest BCUT2D eigenvalue weighted by Gasteiger charge is -2.23. The molecule has 0 spiro atoms. The van der Waals surface area contributed by atoms with Gasteiger partial charge in [0.05, 0.1) is 11.2 Å². The molecule has 0 saturated carbocycles. The topological polar surface area (TPSA) is 56.0 Å². The first-order valence-corrected chi connectivity index (χ1v) is 7.32. The second-order valence-corrected chi connectivity index (χ2v) is 5.81. The summed E-state index contributed by atoms with van der Waals surface area (Å²) in [4.78, 5) is 0. The molecule has 0 aliphatic carbocycles. The van der Waals surface area contributed by atoms with E-state index in [4.69, 9.17) is 5.26 Å². The van der Waals surface area contributed by atoms with E-state index in [1.165, 1.54) is 0 Å². The molecule has 1 atom stereocenters. The quantitative estimate of drug-likeness (QED) is 0.877. The van der Waals surface area contributed by atoms with Gasteiger partial charge in [-0.25, -0.2) is 0 Å². The molecule has 2 N–H and O–H groups in total. The van der Waals surface area contributed by atoms with Crippen molar-refractivity contribution in [3.63, 3.8) is 0 Å². The van der Waals surface area contributed by atoms with Crippen molar-refractivity contribution in [2.75, 3.05) is 23.9 Å². The van der Waals surface area contributed by atoms with E-state index >= 15 is 0 Å². The van der Waals surface area contributed by atoms with Gasteiger partial charge in [0.15, 0.2) is 0 Å². The molecule has 1 rings (SSSR count). The zero-order valence-corrected chi connectivity index (χ0v) is 12.2. The molecule has 0 aliphatic rings. The summed E-state index contributed by atoms with van der Waals surface area (Å²) in [6.07, 6.45) is 1.97. The minimum atomic E-state index is -0.736. The van der Waals surface area contributed by atoms with Crippen LogP contribution in [0.3, 0.4) is 0 Å². The Morgan fingerprint density at radius 2 is 2.29 bits per heavy atom. The lowest BCUT2D eigenvalue weighted by Crippen LogP contribution is -2.36. The highest BCUT2D eigenvalue weighted by atomic mass is 79.9. The van der Waals surface area contributed by atoms with Crippen LogP contribution < -0.4 is 5.32 Å². The Morgan fingerprint density at radius 3 is 2.82 bits per heavy atom. The molecular formula is C12H15BrN2OS. The first kappa shape index (κ1) is 14.4. The summed E-state index contributed by atoms with van der Waals surface area (Å²) in [6, 6.07) is 7.51. The van der Waals surface area contributed by atoms with Gasteiger partial charge >= 0.3 is 0 Å². The van der Waals surface area contributed by atoms with Gasteiger partial charge in [-0.15, -0.1) is 0 Å². The number of nitriles is 1. The molecule has 3 nitrogen and oxygen atoms in total. The Balaban J connectivity index is 2.65. The van der Waals surface area contributed by atoms with E-state index in [0.29, 0.717) is 17.9 Å². The fraction of sp³-hybridized carbons (Fsp3) is 0.417. The van der Waals surface area contributed by atoms with Gasteiger partial charge in [-0.1, -0.05) is 0 Å². The molecule has 0 aliphatic heterocycles. The minimum absolute atomic E-state index is 0.478. The third kappa shape index (κ3) is 4.58. The molecule has 1 aromatic carbocycles. The maximum atomic E-state index is 10.00. The molecule has 0 fully saturated rings. The second kappa shape index (κ2) is 6.29. The first-order valence-electron chi connectivity index (χ1n) is 5.13. The van der Waals surface area contributed by atoms with Crippen molar-refractivity contribution in [3.05, 3.63) is 28.2 Å². The maximum absolute atomic E-state index is 10.00. The van der Waals surface area contributed by atoms with Crippen molar-refractivity contribution >= 4 is 33.4 Å². The summed E-state index contributed by atoms with van der Waals surface area (Å²) in [6.45, 7) is 2.28. The van der Waals surface area contributed by atoms with Crippen LogP contribution in [-0.4, -0.2) is 29.3 Å². The average molecular weight is 315 g/mol. The Kier molecular flexibility index (Phi) is 5.31. The maximum Gasteiger partial charge on any atom is 0.100 e. The molecule has 1 aromatic rings. The van der Waals surface area contributed by atoms with Crippen molar-refractivity contribution in [1.29, 1.82) is 5.26 Å². The van der Waals surface area contributed by atoms with Crippen molar-refractivity contribution < 1.29 is 5.11 Å². The summed E-state index contributed by atoms with van der Waals surface area (Å²) in [7, 11) is 0. The molecule has 0 heterocycles. The van der Waals surface area contributed by atoms with E-state index in [-0.39, 0.29) is 0 Å². The number of halogens is 1. The lowest BCUT2D eigenvalue weighted by molar-refractivity contribution is 0.0997. The third-order valence-electron chi connectivity index (χ3n) is 2.22. The molecule has 0 aromatic heterocycles. The Bertz CT molecular complexity index is 429. The second-order valence-electron chi connectivity index (χ2n) is 4.09. The number of hydrogen-bond acceptors (Lipinski definition) is 4. The molecule has 92 valence electrons. The number of aliphatic hydroxyl groups is 1. The summed E-state index contributed by atoms with van der Waals surface area (Å²) in [5, 5.41) is 22.0. The summed E-state index contributed by atoms with van der Waals surface area (Å²) in [5.74, 6) is 0.678. The van der Waals surface area contributed by atoms with Crippen LogP contribution in [0.1, 0.15) is 12.5 Å². The highest BCUT2D eigenvalue weighted by molar-refractivity contribution is 9.10. The highest BCUT2D eigenvalue weighted by Gasteiger charge is 2.19. The predicted octanol–water partition coefficient (Wildman–Crippen LogP) is 2.85. The zero-order valence-electron chi connectivity index (χ0n) is 9.83. The van der Waals surface area contributed by atoms with Crippen LogP contribution in [0.15, 0.2) is 22.7 Å². The van der Waals surface area contributed by atoms with Crippen LogP contribution in [0.2, 0.25) is 0 Å². The van der Waals surface area contributed by atoms with Gasteiger partial charge in [0.2, 0.25) is 0 Å². The van der Waals surface area contributed by atoms with Gasteiger partial charge in [0.25, 0.3) is 0 Å². The van der Waals surface area contributed by atoms with Crippen LogP contribution in [0.4, 0.5) is 5.69 Å². The van der Waals surface area contributed by atoms with E-state index in [1.54, 1.807) is 24.8 Å².